The Bertz CT molecular complexity index is 400. The van der Waals surface area contributed by atoms with Crippen molar-refractivity contribution in [3.05, 3.63) is 34.9 Å². The van der Waals surface area contributed by atoms with Gasteiger partial charge < -0.3 is 10.2 Å². The maximum absolute atomic E-state index is 3.45. The highest BCUT2D eigenvalue weighted by Crippen LogP contribution is 2.21. The van der Waals surface area contributed by atoms with Crippen LogP contribution in [0.15, 0.2) is 18.2 Å². The van der Waals surface area contributed by atoms with E-state index in [4.69, 9.17) is 0 Å². The van der Waals surface area contributed by atoms with Crippen molar-refractivity contribution in [1.82, 2.24) is 15.1 Å². The fourth-order valence-corrected chi connectivity index (χ4v) is 2.80. The minimum atomic E-state index is 0. The van der Waals surface area contributed by atoms with Gasteiger partial charge in [-0.05, 0) is 23.7 Å². The SMILES string of the molecule is CN1CCN(Cc2cccc3c2CNC3)CC1.Cl. The number of nitrogens with one attached hydrogen (secondary N) is 1. The topological polar surface area (TPSA) is 18.5 Å². The highest BCUT2D eigenvalue weighted by atomic mass is 35.5. The Labute approximate surface area is 116 Å². The average Bonchev–Trinajstić information content (AvgIpc) is 2.81. The van der Waals surface area contributed by atoms with Gasteiger partial charge in [0, 0.05) is 45.8 Å². The van der Waals surface area contributed by atoms with Crippen LogP contribution in [0.25, 0.3) is 0 Å². The van der Waals surface area contributed by atoms with Crippen LogP contribution in [0.2, 0.25) is 0 Å². The molecule has 0 spiro atoms. The predicted octanol–water partition coefficient (Wildman–Crippen LogP) is 1.46. The van der Waals surface area contributed by atoms with Gasteiger partial charge in [0.25, 0.3) is 0 Å². The molecule has 2 heterocycles. The van der Waals surface area contributed by atoms with Gasteiger partial charge in [0.15, 0.2) is 0 Å². The molecule has 1 fully saturated rings. The van der Waals surface area contributed by atoms with Crippen LogP contribution in [0.3, 0.4) is 0 Å². The largest absolute Gasteiger partial charge is 0.309 e. The van der Waals surface area contributed by atoms with E-state index in [1.807, 2.05) is 0 Å². The molecule has 3 nitrogen and oxygen atoms in total. The third kappa shape index (κ3) is 2.86. The third-order valence-electron chi connectivity index (χ3n) is 3.98. The Morgan fingerprint density at radius 2 is 1.89 bits per heavy atom. The van der Waals surface area contributed by atoms with Gasteiger partial charge in [-0.15, -0.1) is 12.4 Å². The molecule has 100 valence electrons. The van der Waals surface area contributed by atoms with Crippen LogP contribution in [0.4, 0.5) is 0 Å². The van der Waals surface area contributed by atoms with E-state index in [1.54, 1.807) is 5.56 Å². The third-order valence-corrected chi connectivity index (χ3v) is 3.98. The van der Waals surface area contributed by atoms with Gasteiger partial charge in [0.2, 0.25) is 0 Å². The van der Waals surface area contributed by atoms with Crippen LogP contribution in [-0.2, 0) is 19.6 Å². The summed E-state index contributed by atoms with van der Waals surface area (Å²) in [6.45, 7) is 8.03. The van der Waals surface area contributed by atoms with Crippen molar-refractivity contribution in [2.24, 2.45) is 0 Å². The number of hydrogen-bond donors (Lipinski definition) is 1. The summed E-state index contributed by atoms with van der Waals surface area (Å²) in [4.78, 5) is 4.99. The number of halogens is 1. The molecule has 1 N–H and O–H groups in total. The Morgan fingerprint density at radius 1 is 1.11 bits per heavy atom. The molecule has 2 aliphatic heterocycles. The van der Waals surface area contributed by atoms with Crippen LogP contribution in [0.1, 0.15) is 16.7 Å². The fourth-order valence-electron chi connectivity index (χ4n) is 2.80. The number of fused-ring (bicyclic) bond motifs is 1. The monoisotopic (exact) mass is 267 g/mol. The lowest BCUT2D eigenvalue weighted by Gasteiger charge is -2.32. The minimum Gasteiger partial charge on any atom is -0.309 e. The van der Waals surface area contributed by atoms with E-state index < -0.39 is 0 Å². The highest BCUT2D eigenvalue weighted by Gasteiger charge is 2.18. The zero-order chi connectivity index (χ0) is 11.7. The van der Waals surface area contributed by atoms with Crippen LogP contribution < -0.4 is 5.32 Å². The zero-order valence-electron chi connectivity index (χ0n) is 11.0. The van der Waals surface area contributed by atoms with E-state index in [-0.39, 0.29) is 12.4 Å². The Morgan fingerprint density at radius 3 is 2.67 bits per heavy atom. The second-order valence-corrected chi connectivity index (χ2v) is 5.24. The van der Waals surface area contributed by atoms with Gasteiger partial charge >= 0.3 is 0 Å². The molecular weight excluding hydrogens is 246 g/mol. The zero-order valence-corrected chi connectivity index (χ0v) is 11.8. The summed E-state index contributed by atoms with van der Waals surface area (Å²) in [5.41, 5.74) is 4.57. The molecule has 1 saturated heterocycles. The molecule has 2 aliphatic rings. The molecule has 1 aromatic carbocycles. The lowest BCUT2D eigenvalue weighted by atomic mass is 10.0. The standard InChI is InChI=1S/C14H21N3.ClH/c1-16-5-7-17(8-6-16)11-13-4-2-3-12-9-15-10-14(12)13;/h2-4,15H,5-11H2,1H3;1H. The van der Waals surface area contributed by atoms with Crippen molar-refractivity contribution >= 4 is 12.4 Å². The average molecular weight is 268 g/mol. The minimum absolute atomic E-state index is 0. The molecule has 1 aromatic rings. The van der Waals surface area contributed by atoms with E-state index in [2.05, 4.69) is 40.4 Å². The smallest absolute Gasteiger partial charge is 0.0238 e. The first kappa shape index (κ1) is 13.8. The van der Waals surface area contributed by atoms with Crippen molar-refractivity contribution < 1.29 is 0 Å². The van der Waals surface area contributed by atoms with E-state index in [0.29, 0.717) is 0 Å². The van der Waals surface area contributed by atoms with E-state index in [1.165, 1.54) is 37.3 Å². The number of nitrogens with zero attached hydrogens (tertiary/aromatic N) is 2. The number of hydrogen-bond acceptors (Lipinski definition) is 3. The van der Waals surface area contributed by atoms with E-state index in [0.717, 1.165) is 19.6 Å². The molecule has 4 heteroatoms. The predicted molar refractivity (Wildman–Crippen MR) is 77.0 cm³/mol. The highest BCUT2D eigenvalue weighted by molar-refractivity contribution is 5.85. The lowest BCUT2D eigenvalue weighted by Crippen LogP contribution is -2.44. The van der Waals surface area contributed by atoms with Gasteiger partial charge in [-0.25, -0.2) is 0 Å². The van der Waals surface area contributed by atoms with E-state index >= 15 is 0 Å². The number of benzene rings is 1. The first-order valence-corrected chi connectivity index (χ1v) is 6.54. The first-order valence-electron chi connectivity index (χ1n) is 6.54. The maximum Gasteiger partial charge on any atom is 0.0238 e. The van der Waals surface area contributed by atoms with Gasteiger partial charge in [0.05, 0.1) is 0 Å². The quantitative estimate of drug-likeness (QED) is 0.875. The molecule has 0 amide bonds. The van der Waals surface area contributed by atoms with Crippen LogP contribution in [0, 0.1) is 0 Å². The summed E-state index contributed by atoms with van der Waals surface area (Å²) in [6.07, 6.45) is 0. The van der Waals surface area contributed by atoms with Crippen molar-refractivity contribution in [2.45, 2.75) is 19.6 Å². The maximum atomic E-state index is 3.45. The summed E-state index contributed by atoms with van der Waals surface area (Å²) >= 11 is 0. The van der Waals surface area contributed by atoms with Crippen molar-refractivity contribution in [3.63, 3.8) is 0 Å². The number of likely N-dealkylation sites (N-methyl/N-ethyl adjacent to an activating group) is 1. The van der Waals surface area contributed by atoms with Gasteiger partial charge in [-0.1, -0.05) is 18.2 Å². The summed E-state index contributed by atoms with van der Waals surface area (Å²) in [6, 6.07) is 6.75. The van der Waals surface area contributed by atoms with E-state index in [9.17, 15) is 0 Å². The van der Waals surface area contributed by atoms with Crippen molar-refractivity contribution in [3.8, 4) is 0 Å². The van der Waals surface area contributed by atoms with Crippen LogP contribution in [0.5, 0.6) is 0 Å². The summed E-state index contributed by atoms with van der Waals surface area (Å²) < 4.78 is 0. The second-order valence-electron chi connectivity index (χ2n) is 5.24. The molecule has 0 saturated carbocycles. The number of piperazine rings is 1. The van der Waals surface area contributed by atoms with Gasteiger partial charge in [0.1, 0.15) is 0 Å². The van der Waals surface area contributed by atoms with Crippen molar-refractivity contribution in [1.29, 1.82) is 0 Å². The van der Waals surface area contributed by atoms with Crippen LogP contribution >= 0.6 is 12.4 Å². The molecule has 0 unspecified atom stereocenters. The molecule has 0 aromatic heterocycles. The number of rotatable bonds is 2. The molecule has 0 bridgehead atoms. The Hall–Kier alpha value is -0.610. The molecule has 0 radical (unpaired) electrons. The lowest BCUT2D eigenvalue weighted by molar-refractivity contribution is 0.148. The van der Waals surface area contributed by atoms with Crippen LogP contribution in [-0.4, -0.2) is 43.0 Å². The summed E-state index contributed by atoms with van der Waals surface area (Å²) in [5, 5.41) is 3.45. The fraction of sp³-hybridized carbons (Fsp3) is 0.571. The molecule has 0 aliphatic carbocycles. The molecule has 3 rings (SSSR count). The van der Waals surface area contributed by atoms with Crippen molar-refractivity contribution in [2.75, 3.05) is 33.2 Å². The van der Waals surface area contributed by atoms with Gasteiger partial charge in [-0.3, -0.25) is 4.90 Å². The Balaban J connectivity index is 0.00000120. The molecular formula is C14H22ClN3. The Kier molecular flexibility index (Phi) is 4.62. The summed E-state index contributed by atoms with van der Waals surface area (Å²) in [5.74, 6) is 0. The molecule has 18 heavy (non-hydrogen) atoms. The normalized spacial score (nSPS) is 20.5. The molecule has 0 atom stereocenters. The first-order chi connectivity index (χ1) is 8.33. The second kappa shape index (κ2) is 6.02. The van der Waals surface area contributed by atoms with Gasteiger partial charge in [-0.2, -0.15) is 0 Å². The summed E-state index contributed by atoms with van der Waals surface area (Å²) in [7, 11) is 2.21.